The summed E-state index contributed by atoms with van der Waals surface area (Å²) in [5.41, 5.74) is 1.67. The molecule has 0 spiro atoms. The molecule has 28 heavy (non-hydrogen) atoms. The van der Waals surface area contributed by atoms with Crippen molar-refractivity contribution in [3.63, 3.8) is 0 Å². The topological polar surface area (TPSA) is 65.9 Å². The molecule has 2 amide bonds. The lowest BCUT2D eigenvalue weighted by Gasteiger charge is -2.23. The van der Waals surface area contributed by atoms with Crippen LogP contribution < -0.4 is 20.4 Å². The zero-order valence-corrected chi connectivity index (χ0v) is 16.3. The number of carbonyl (C=O) groups excluding carboxylic acids is 2. The molecule has 3 N–H and O–H groups in total. The average Bonchev–Trinajstić information content (AvgIpc) is 2.64. The molecule has 2 rings (SSSR count). The van der Waals surface area contributed by atoms with Crippen LogP contribution in [-0.2, 0) is 9.59 Å². The van der Waals surface area contributed by atoms with Crippen LogP contribution in [0.5, 0.6) is 0 Å². The van der Waals surface area contributed by atoms with Crippen LogP contribution in [0.15, 0.2) is 42.5 Å². The Morgan fingerprint density at radius 1 is 1.04 bits per heavy atom. The maximum atomic E-state index is 13.6. The normalized spacial score (nSPS) is 11.8. The highest BCUT2D eigenvalue weighted by Crippen LogP contribution is 2.17. The van der Waals surface area contributed by atoms with Gasteiger partial charge in [-0.15, -0.1) is 0 Å². The van der Waals surface area contributed by atoms with E-state index < -0.39 is 23.4 Å². The van der Waals surface area contributed by atoms with Gasteiger partial charge in [0, 0.05) is 31.4 Å². The summed E-state index contributed by atoms with van der Waals surface area (Å²) in [6, 6.07) is 10.4. The van der Waals surface area contributed by atoms with Crippen molar-refractivity contribution in [2.45, 2.75) is 6.04 Å². The molecule has 0 radical (unpaired) electrons. The first-order valence-electron chi connectivity index (χ1n) is 8.80. The number of amides is 2. The summed E-state index contributed by atoms with van der Waals surface area (Å²) in [7, 11) is 7.78. The number of quaternary nitrogens is 1. The third kappa shape index (κ3) is 5.50. The highest BCUT2D eigenvalue weighted by molar-refractivity contribution is 6.39. The lowest BCUT2D eigenvalue weighted by Crippen LogP contribution is -3.07. The Morgan fingerprint density at radius 3 is 2.25 bits per heavy atom. The van der Waals surface area contributed by atoms with Crippen LogP contribution in [0.1, 0.15) is 11.6 Å². The molecule has 0 aliphatic carbocycles. The molecule has 0 unspecified atom stereocenters. The monoisotopic (exact) mass is 391 g/mol. The number of benzene rings is 2. The molecule has 2 aromatic carbocycles. The van der Waals surface area contributed by atoms with Gasteiger partial charge in [0.15, 0.2) is 0 Å². The first kappa shape index (κ1) is 21.3. The Hall–Kier alpha value is -3.00. The van der Waals surface area contributed by atoms with Gasteiger partial charge in [0.2, 0.25) is 0 Å². The molecule has 2 aromatic rings. The fourth-order valence-electron chi connectivity index (χ4n) is 2.71. The third-order valence-electron chi connectivity index (χ3n) is 4.36. The van der Waals surface area contributed by atoms with Crippen LogP contribution >= 0.6 is 0 Å². The molecule has 1 atom stereocenters. The molecule has 0 saturated carbocycles. The summed E-state index contributed by atoms with van der Waals surface area (Å²) in [5.74, 6) is -3.51. The van der Waals surface area contributed by atoms with Gasteiger partial charge < -0.3 is 20.4 Å². The molecular formula is C20H25F2N4O2+. The van der Waals surface area contributed by atoms with Crippen molar-refractivity contribution in [2.24, 2.45) is 0 Å². The highest BCUT2D eigenvalue weighted by Gasteiger charge is 2.22. The fraction of sp³-hybridized carbons (Fsp3) is 0.300. The van der Waals surface area contributed by atoms with Gasteiger partial charge in [-0.1, -0.05) is 12.1 Å². The molecule has 0 saturated heterocycles. The molecular weight excluding hydrogens is 366 g/mol. The van der Waals surface area contributed by atoms with E-state index in [1.54, 1.807) is 0 Å². The van der Waals surface area contributed by atoms with Crippen LogP contribution in [0.4, 0.5) is 20.2 Å². The zero-order chi connectivity index (χ0) is 20.8. The SMILES string of the molecule is CN(C)c1ccc([C@@H](CNC(=O)C(=O)Nc2cc(F)ccc2F)[NH+](C)C)cc1. The molecule has 8 heteroatoms. The van der Waals surface area contributed by atoms with Gasteiger partial charge in [-0.05, 0) is 24.3 Å². The number of hydrogen-bond acceptors (Lipinski definition) is 3. The minimum atomic E-state index is -1.06. The number of carbonyl (C=O) groups is 2. The largest absolute Gasteiger partial charge is 0.378 e. The Labute approximate surface area is 163 Å². The van der Waals surface area contributed by atoms with Crippen LogP contribution in [0.25, 0.3) is 0 Å². The zero-order valence-electron chi connectivity index (χ0n) is 16.3. The molecule has 0 heterocycles. The predicted octanol–water partition coefficient (Wildman–Crippen LogP) is 0.971. The van der Waals surface area contributed by atoms with E-state index >= 15 is 0 Å². The molecule has 150 valence electrons. The summed E-state index contributed by atoms with van der Waals surface area (Å²) < 4.78 is 26.8. The fourth-order valence-corrected chi connectivity index (χ4v) is 2.71. The lowest BCUT2D eigenvalue weighted by atomic mass is 10.1. The van der Waals surface area contributed by atoms with E-state index in [2.05, 4.69) is 10.6 Å². The van der Waals surface area contributed by atoms with Crippen molar-refractivity contribution in [1.29, 1.82) is 0 Å². The number of rotatable bonds is 6. The minimum absolute atomic E-state index is 0.0844. The van der Waals surface area contributed by atoms with E-state index in [9.17, 15) is 18.4 Å². The second-order valence-electron chi connectivity index (χ2n) is 6.90. The van der Waals surface area contributed by atoms with Crippen LogP contribution in [0, 0.1) is 11.6 Å². The van der Waals surface area contributed by atoms with Gasteiger partial charge in [-0.3, -0.25) is 9.59 Å². The maximum absolute atomic E-state index is 13.6. The summed E-state index contributed by atoms with van der Waals surface area (Å²) >= 11 is 0. The summed E-state index contributed by atoms with van der Waals surface area (Å²) in [6.07, 6.45) is 0. The predicted molar refractivity (Wildman–Crippen MR) is 104 cm³/mol. The van der Waals surface area contributed by atoms with Crippen molar-refractivity contribution < 1.29 is 23.3 Å². The molecule has 0 aliphatic heterocycles. The number of halogens is 2. The van der Waals surface area contributed by atoms with Gasteiger partial charge >= 0.3 is 11.8 Å². The number of nitrogens with one attached hydrogen (secondary N) is 3. The molecule has 6 nitrogen and oxygen atoms in total. The highest BCUT2D eigenvalue weighted by atomic mass is 19.1. The minimum Gasteiger partial charge on any atom is -0.378 e. The van der Waals surface area contributed by atoms with Crippen LogP contribution in [0.3, 0.4) is 0 Å². The van der Waals surface area contributed by atoms with Crippen LogP contribution in [0.2, 0.25) is 0 Å². The lowest BCUT2D eigenvalue weighted by molar-refractivity contribution is -0.890. The van der Waals surface area contributed by atoms with Gasteiger partial charge in [0.05, 0.1) is 26.3 Å². The van der Waals surface area contributed by atoms with Crippen LogP contribution in [-0.4, -0.2) is 46.5 Å². The van der Waals surface area contributed by atoms with Gasteiger partial charge in [-0.25, -0.2) is 8.78 Å². The van der Waals surface area contributed by atoms with E-state index in [0.717, 1.165) is 34.3 Å². The van der Waals surface area contributed by atoms with E-state index in [1.165, 1.54) is 0 Å². The summed E-state index contributed by atoms with van der Waals surface area (Å²) in [4.78, 5) is 27.1. The Kier molecular flexibility index (Phi) is 7.06. The second kappa shape index (κ2) is 9.27. The van der Waals surface area contributed by atoms with Gasteiger partial charge in [-0.2, -0.15) is 0 Å². The van der Waals surface area contributed by atoms with Crippen molar-refractivity contribution in [1.82, 2.24) is 5.32 Å². The van der Waals surface area contributed by atoms with Crippen molar-refractivity contribution in [2.75, 3.05) is 45.0 Å². The van der Waals surface area contributed by atoms with E-state index in [-0.39, 0.29) is 18.3 Å². The summed E-state index contributed by atoms with van der Waals surface area (Å²) in [5, 5.41) is 4.64. The quantitative estimate of drug-likeness (QED) is 0.643. The molecule has 0 fully saturated rings. The molecule has 0 bridgehead atoms. The third-order valence-corrected chi connectivity index (χ3v) is 4.36. The first-order valence-corrected chi connectivity index (χ1v) is 8.80. The smallest absolute Gasteiger partial charge is 0.313 e. The van der Waals surface area contributed by atoms with E-state index in [4.69, 9.17) is 0 Å². The molecule has 0 aliphatic rings. The van der Waals surface area contributed by atoms with Crippen molar-refractivity contribution >= 4 is 23.2 Å². The Balaban J connectivity index is 2.01. The number of likely N-dealkylation sites (N-methyl/N-ethyl adjacent to an activating group) is 1. The van der Waals surface area contributed by atoms with Crippen molar-refractivity contribution in [3.8, 4) is 0 Å². The Bertz CT molecular complexity index is 839. The van der Waals surface area contributed by atoms with Gasteiger partial charge in [0.25, 0.3) is 0 Å². The number of hydrogen-bond donors (Lipinski definition) is 3. The van der Waals surface area contributed by atoms with E-state index in [0.29, 0.717) is 0 Å². The molecule has 0 aromatic heterocycles. The average molecular weight is 391 g/mol. The number of anilines is 2. The Morgan fingerprint density at radius 2 is 1.68 bits per heavy atom. The van der Waals surface area contributed by atoms with Crippen molar-refractivity contribution in [3.05, 3.63) is 59.7 Å². The number of nitrogens with zero attached hydrogens (tertiary/aromatic N) is 1. The van der Waals surface area contributed by atoms with Gasteiger partial charge in [0.1, 0.15) is 17.7 Å². The van der Waals surface area contributed by atoms with E-state index in [1.807, 2.05) is 57.4 Å². The standard InChI is InChI=1S/C20H24F2N4O2/c1-25(2)15-8-5-13(6-9-15)18(26(3)4)12-23-19(27)20(28)24-17-11-14(21)7-10-16(17)22/h5-11,18H,12H2,1-4H3,(H,23,27)(H,24,28)/p+1/t18-/m1/s1. The summed E-state index contributed by atoms with van der Waals surface area (Å²) in [6.45, 7) is 0.210. The second-order valence-corrected chi connectivity index (χ2v) is 6.90. The first-order chi connectivity index (χ1) is 13.2. The maximum Gasteiger partial charge on any atom is 0.313 e.